The van der Waals surface area contributed by atoms with Crippen molar-refractivity contribution in [1.29, 1.82) is 0 Å². The Balaban J connectivity index is 2.45. The van der Waals surface area contributed by atoms with E-state index in [1.807, 2.05) is 4.90 Å². The Labute approximate surface area is 115 Å². The molecule has 0 bridgehead atoms. The van der Waals surface area contributed by atoms with Gasteiger partial charge in [0.15, 0.2) is 0 Å². The highest BCUT2D eigenvalue weighted by Crippen LogP contribution is 2.34. The van der Waals surface area contributed by atoms with Gasteiger partial charge in [0.25, 0.3) is 0 Å². The fraction of sp³-hybridized carbons (Fsp3) is 0.562. The molecule has 104 valence electrons. The number of likely N-dealkylation sites (tertiary alicyclic amines) is 1. The summed E-state index contributed by atoms with van der Waals surface area (Å²) in [7, 11) is 0. The number of amides is 1. The first kappa shape index (κ1) is 14.1. The third-order valence-corrected chi connectivity index (χ3v) is 4.06. The molecule has 1 aliphatic heterocycles. The van der Waals surface area contributed by atoms with E-state index in [4.69, 9.17) is 5.73 Å². The smallest absolute Gasteiger partial charge is 0.223 e. The van der Waals surface area contributed by atoms with Crippen LogP contribution in [-0.2, 0) is 4.79 Å². The van der Waals surface area contributed by atoms with Crippen LogP contribution in [0.2, 0.25) is 0 Å². The van der Waals surface area contributed by atoms with Crippen LogP contribution in [0.15, 0.2) is 18.2 Å². The highest BCUT2D eigenvalue weighted by atomic mass is 16.2. The SMILES string of the molecule is CCCN1C(=O)CCC(N)C1c1c(C)cccc1C. The van der Waals surface area contributed by atoms with Crippen molar-refractivity contribution in [1.82, 2.24) is 4.90 Å². The molecule has 1 fully saturated rings. The van der Waals surface area contributed by atoms with Gasteiger partial charge in [-0.3, -0.25) is 4.79 Å². The van der Waals surface area contributed by atoms with E-state index in [0.717, 1.165) is 19.4 Å². The minimum Gasteiger partial charge on any atom is -0.334 e. The van der Waals surface area contributed by atoms with Gasteiger partial charge in [-0.05, 0) is 43.4 Å². The number of benzene rings is 1. The standard InChI is InChI=1S/C16H24N2O/c1-4-10-18-14(19)9-8-13(17)16(18)15-11(2)6-5-7-12(15)3/h5-7,13,16H,4,8-10,17H2,1-3H3. The molecule has 0 aromatic heterocycles. The van der Waals surface area contributed by atoms with Gasteiger partial charge in [-0.15, -0.1) is 0 Å². The summed E-state index contributed by atoms with van der Waals surface area (Å²) in [6.07, 6.45) is 2.35. The molecule has 1 saturated heterocycles. The minimum absolute atomic E-state index is 0.0439. The van der Waals surface area contributed by atoms with Crippen LogP contribution >= 0.6 is 0 Å². The van der Waals surface area contributed by atoms with Crippen molar-refractivity contribution in [2.24, 2.45) is 5.73 Å². The number of rotatable bonds is 3. The first-order valence-corrected chi connectivity index (χ1v) is 7.17. The van der Waals surface area contributed by atoms with Gasteiger partial charge in [-0.25, -0.2) is 0 Å². The van der Waals surface area contributed by atoms with Gasteiger partial charge >= 0.3 is 0 Å². The van der Waals surface area contributed by atoms with E-state index in [-0.39, 0.29) is 18.0 Å². The van der Waals surface area contributed by atoms with Gasteiger partial charge in [0, 0.05) is 19.0 Å². The van der Waals surface area contributed by atoms with Crippen molar-refractivity contribution in [3.05, 3.63) is 34.9 Å². The summed E-state index contributed by atoms with van der Waals surface area (Å²) >= 11 is 0. The van der Waals surface area contributed by atoms with Gasteiger partial charge in [-0.1, -0.05) is 25.1 Å². The molecule has 2 N–H and O–H groups in total. The second-order valence-electron chi connectivity index (χ2n) is 5.54. The molecule has 3 nitrogen and oxygen atoms in total. The summed E-state index contributed by atoms with van der Waals surface area (Å²) < 4.78 is 0. The van der Waals surface area contributed by atoms with Crippen LogP contribution in [0.4, 0.5) is 0 Å². The van der Waals surface area contributed by atoms with Crippen molar-refractivity contribution >= 4 is 5.91 Å². The Morgan fingerprint density at radius 3 is 2.53 bits per heavy atom. The van der Waals surface area contributed by atoms with E-state index >= 15 is 0 Å². The van der Waals surface area contributed by atoms with Crippen LogP contribution in [0, 0.1) is 13.8 Å². The Morgan fingerprint density at radius 1 is 1.32 bits per heavy atom. The lowest BCUT2D eigenvalue weighted by molar-refractivity contribution is -0.137. The quantitative estimate of drug-likeness (QED) is 0.908. The first-order valence-electron chi connectivity index (χ1n) is 7.17. The van der Waals surface area contributed by atoms with Crippen LogP contribution in [0.5, 0.6) is 0 Å². The summed E-state index contributed by atoms with van der Waals surface area (Å²) in [6.45, 7) is 7.12. The van der Waals surface area contributed by atoms with E-state index in [9.17, 15) is 4.79 Å². The normalized spacial score (nSPS) is 23.8. The maximum atomic E-state index is 12.2. The molecule has 1 amide bonds. The molecule has 0 radical (unpaired) electrons. The molecule has 1 aliphatic rings. The number of carbonyl (C=O) groups is 1. The largest absolute Gasteiger partial charge is 0.334 e. The van der Waals surface area contributed by atoms with Crippen LogP contribution in [-0.4, -0.2) is 23.4 Å². The van der Waals surface area contributed by atoms with Gasteiger partial charge in [-0.2, -0.15) is 0 Å². The third-order valence-electron chi connectivity index (χ3n) is 4.06. The number of nitrogens with zero attached hydrogens (tertiary/aromatic N) is 1. The molecule has 0 spiro atoms. The van der Waals surface area contributed by atoms with Crippen molar-refractivity contribution in [3.63, 3.8) is 0 Å². The third kappa shape index (κ3) is 2.66. The molecule has 1 aromatic rings. The second kappa shape index (κ2) is 5.74. The molecule has 2 atom stereocenters. The van der Waals surface area contributed by atoms with E-state index in [1.54, 1.807) is 0 Å². The lowest BCUT2D eigenvalue weighted by Gasteiger charge is -2.41. The summed E-state index contributed by atoms with van der Waals surface area (Å²) in [6, 6.07) is 6.37. The number of aryl methyl sites for hydroxylation is 2. The maximum Gasteiger partial charge on any atom is 0.223 e. The summed E-state index contributed by atoms with van der Waals surface area (Å²) in [5, 5.41) is 0. The Hall–Kier alpha value is -1.35. The average molecular weight is 260 g/mol. The number of piperidine rings is 1. The summed E-state index contributed by atoms with van der Waals surface area (Å²) in [4.78, 5) is 14.2. The summed E-state index contributed by atoms with van der Waals surface area (Å²) in [5.74, 6) is 0.246. The van der Waals surface area contributed by atoms with E-state index in [0.29, 0.717) is 6.42 Å². The van der Waals surface area contributed by atoms with Gasteiger partial charge in [0.05, 0.1) is 6.04 Å². The predicted octanol–water partition coefficient (Wildman–Crippen LogP) is 2.70. The predicted molar refractivity (Wildman–Crippen MR) is 77.9 cm³/mol. The zero-order chi connectivity index (χ0) is 14.0. The zero-order valence-corrected chi connectivity index (χ0v) is 12.1. The molecule has 3 heteroatoms. The fourth-order valence-electron chi connectivity index (χ4n) is 3.15. The monoisotopic (exact) mass is 260 g/mol. The van der Waals surface area contributed by atoms with Crippen molar-refractivity contribution in [3.8, 4) is 0 Å². The van der Waals surface area contributed by atoms with Crippen LogP contribution in [0.1, 0.15) is 48.9 Å². The molecule has 0 aliphatic carbocycles. The van der Waals surface area contributed by atoms with Crippen LogP contribution < -0.4 is 5.73 Å². The number of nitrogens with two attached hydrogens (primary N) is 1. The highest BCUT2D eigenvalue weighted by Gasteiger charge is 2.35. The zero-order valence-electron chi connectivity index (χ0n) is 12.1. The van der Waals surface area contributed by atoms with E-state index < -0.39 is 0 Å². The average Bonchev–Trinajstić information content (AvgIpc) is 2.37. The van der Waals surface area contributed by atoms with Crippen molar-refractivity contribution < 1.29 is 4.79 Å². The lowest BCUT2D eigenvalue weighted by Crippen LogP contribution is -2.49. The maximum absolute atomic E-state index is 12.2. The molecule has 19 heavy (non-hydrogen) atoms. The fourth-order valence-corrected chi connectivity index (χ4v) is 3.15. The molecular weight excluding hydrogens is 236 g/mol. The number of hydrogen-bond donors (Lipinski definition) is 1. The molecule has 2 unspecified atom stereocenters. The topological polar surface area (TPSA) is 46.3 Å². The lowest BCUT2D eigenvalue weighted by atomic mass is 9.85. The minimum atomic E-state index is 0.0439. The molecule has 2 rings (SSSR count). The Kier molecular flexibility index (Phi) is 4.25. The Morgan fingerprint density at radius 2 is 1.95 bits per heavy atom. The highest BCUT2D eigenvalue weighted by molar-refractivity contribution is 5.78. The van der Waals surface area contributed by atoms with Gasteiger partial charge < -0.3 is 10.6 Å². The van der Waals surface area contributed by atoms with Crippen molar-refractivity contribution in [2.45, 2.75) is 52.1 Å². The second-order valence-corrected chi connectivity index (χ2v) is 5.54. The van der Waals surface area contributed by atoms with Crippen LogP contribution in [0.3, 0.4) is 0 Å². The molecular formula is C16H24N2O. The first-order chi connectivity index (χ1) is 9.06. The van der Waals surface area contributed by atoms with E-state index in [1.165, 1.54) is 16.7 Å². The van der Waals surface area contributed by atoms with E-state index in [2.05, 4.69) is 39.0 Å². The van der Waals surface area contributed by atoms with Gasteiger partial charge in [0.1, 0.15) is 0 Å². The summed E-state index contributed by atoms with van der Waals surface area (Å²) in [5.41, 5.74) is 10.0. The van der Waals surface area contributed by atoms with Gasteiger partial charge in [0.2, 0.25) is 5.91 Å². The molecule has 0 saturated carbocycles. The molecule has 1 heterocycles. The number of carbonyl (C=O) groups excluding carboxylic acids is 1. The molecule has 1 aromatic carbocycles. The number of hydrogen-bond acceptors (Lipinski definition) is 2. The Bertz CT molecular complexity index is 450. The van der Waals surface area contributed by atoms with Crippen molar-refractivity contribution in [2.75, 3.05) is 6.54 Å². The van der Waals surface area contributed by atoms with Crippen LogP contribution in [0.25, 0.3) is 0 Å².